The minimum absolute atomic E-state index is 0.181. The van der Waals surface area contributed by atoms with Gasteiger partial charge in [-0.1, -0.05) is 10.3 Å². The quantitative estimate of drug-likeness (QED) is 0.842. The molecule has 6 nitrogen and oxygen atoms in total. The Balaban J connectivity index is 2.16. The molecule has 0 radical (unpaired) electrons. The second-order valence-corrected chi connectivity index (χ2v) is 4.70. The fraction of sp³-hybridized carbons (Fsp3) is 0.182. The summed E-state index contributed by atoms with van der Waals surface area (Å²) in [5.74, 6) is -0.492. The lowest BCUT2D eigenvalue weighted by atomic mass is 10.2. The van der Waals surface area contributed by atoms with Crippen LogP contribution in [0.3, 0.4) is 0 Å². The van der Waals surface area contributed by atoms with Crippen molar-refractivity contribution in [3.63, 3.8) is 0 Å². The van der Waals surface area contributed by atoms with Gasteiger partial charge in [0.25, 0.3) is 0 Å². The van der Waals surface area contributed by atoms with Crippen LogP contribution >= 0.6 is 22.6 Å². The Morgan fingerprint density at radius 3 is 2.89 bits per heavy atom. The SMILES string of the molecule is Cc1nonc1COc1cc(C(=O)O)ccc1I. The standard InChI is InChI=1S/C11H9IN2O4/c1-6-9(14-18-13-6)5-17-10-4-7(11(15)16)2-3-8(10)12/h2-4H,5H2,1H3,(H,15,16). The smallest absolute Gasteiger partial charge is 0.335 e. The Hall–Kier alpha value is -1.64. The molecule has 0 saturated carbocycles. The topological polar surface area (TPSA) is 85.5 Å². The van der Waals surface area contributed by atoms with Crippen molar-refractivity contribution >= 4 is 28.6 Å². The molecule has 1 N–H and O–H groups in total. The number of ether oxygens (including phenoxy) is 1. The van der Waals surface area contributed by atoms with Crippen LogP contribution in [0.2, 0.25) is 0 Å². The third-order valence-electron chi connectivity index (χ3n) is 2.29. The number of carboxylic acids is 1. The summed E-state index contributed by atoms with van der Waals surface area (Å²) >= 11 is 2.07. The third kappa shape index (κ3) is 2.78. The second-order valence-electron chi connectivity index (χ2n) is 3.54. The van der Waals surface area contributed by atoms with Gasteiger partial charge in [0.15, 0.2) is 0 Å². The number of carbonyl (C=O) groups is 1. The minimum Gasteiger partial charge on any atom is -0.486 e. The van der Waals surface area contributed by atoms with Crippen LogP contribution in [-0.4, -0.2) is 21.4 Å². The van der Waals surface area contributed by atoms with Gasteiger partial charge in [-0.15, -0.1) is 0 Å². The number of aromatic carboxylic acids is 1. The monoisotopic (exact) mass is 360 g/mol. The van der Waals surface area contributed by atoms with E-state index in [1.165, 1.54) is 12.1 Å². The van der Waals surface area contributed by atoms with Crippen LogP contribution in [0.1, 0.15) is 21.7 Å². The van der Waals surface area contributed by atoms with Crippen LogP contribution in [0.15, 0.2) is 22.8 Å². The maximum atomic E-state index is 10.9. The maximum absolute atomic E-state index is 10.9. The number of carboxylic acid groups (broad SMARTS) is 1. The van der Waals surface area contributed by atoms with E-state index in [0.29, 0.717) is 17.1 Å². The molecule has 7 heteroatoms. The summed E-state index contributed by atoms with van der Waals surface area (Å²) in [4.78, 5) is 10.9. The summed E-state index contributed by atoms with van der Waals surface area (Å²) in [5, 5.41) is 16.2. The molecule has 0 bridgehead atoms. The first-order valence-electron chi connectivity index (χ1n) is 5.01. The van der Waals surface area contributed by atoms with Gasteiger partial charge in [-0.25, -0.2) is 9.42 Å². The lowest BCUT2D eigenvalue weighted by Crippen LogP contribution is -2.02. The van der Waals surface area contributed by atoms with Gasteiger partial charge in [0, 0.05) is 0 Å². The molecule has 1 aromatic carbocycles. The van der Waals surface area contributed by atoms with Crippen LogP contribution in [0.25, 0.3) is 0 Å². The molecule has 1 heterocycles. The average Bonchev–Trinajstić information content (AvgIpc) is 2.73. The molecule has 0 saturated heterocycles. The highest BCUT2D eigenvalue weighted by Crippen LogP contribution is 2.23. The number of nitrogens with zero attached hydrogens (tertiary/aromatic N) is 2. The zero-order valence-electron chi connectivity index (χ0n) is 9.38. The first-order valence-corrected chi connectivity index (χ1v) is 6.09. The summed E-state index contributed by atoms with van der Waals surface area (Å²) in [6.07, 6.45) is 0. The lowest BCUT2D eigenvalue weighted by Gasteiger charge is -2.07. The van der Waals surface area contributed by atoms with E-state index in [0.717, 1.165) is 3.57 Å². The van der Waals surface area contributed by atoms with Gasteiger partial charge in [0.05, 0.1) is 9.13 Å². The summed E-state index contributed by atoms with van der Waals surface area (Å²) in [7, 11) is 0. The van der Waals surface area contributed by atoms with Gasteiger partial charge in [-0.05, 0) is 47.7 Å². The number of hydrogen-bond donors (Lipinski definition) is 1. The molecule has 0 aliphatic heterocycles. The first kappa shape index (κ1) is 12.8. The van der Waals surface area contributed by atoms with Gasteiger partial charge < -0.3 is 9.84 Å². The Kier molecular flexibility index (Phi) is 3.80. The van der Waals surface area contributed by atoms with Crippen molar-refractivity contribution in [3.8, 4) is 5.75 Å². The summed E-state index contributed by atoms with van der Waals surface area (Å²) in [6, 6.07) is 4.69. The minimum atomic E-state index is -0.990. The van der Waals surface area contributed by atoms with Gasteiger partial charge in [0.1, 0.15) is 23.7 Å². The predicted molar refractivity (Wildman–Crippen MR) is 69.5 cm³/mol. The Morgan fingerprint density at radius 1 is 1.50 bits per heavy atom. The van der Waals surface area contributed by atoms with Crippen molar-refractivity contribution in [2.75, 3.05) is 0 Å². The molecule has 0 unspecified atom stereocenters. The summed E-state index contributed by atoms with van der Waals surface area (Å²) in [6.45, 7) is 1.95. The van der Waals surface area contributed by atoms with Crippen LogP contribution in [0.4, 0.5) is 0 Å². The van der Waals surface area contributed by atoms with Gasteiger partial charge in [-0.2, -0.15) is 0 Å². The molecule has 1 aromatic heterocycles. The van der Waals surface area contributed by atoms with Crippen LogP contribution < -0.4 is 4.74 Å². The predicted octanol–water partition coefficient (Wildman–Crippen LogP) is 2.26. The second kappa shape index (κ2) is 5.34. The zero-order valence-corrected chi connectivity index (χ0v) is 11.5. The number of aromatic nitrogens is 2. The van der Waals surface area contributed by atoms with E-state index in [9.17, 15) is 4.79 Å². The molecule has 0 fully saturated rings. The fourth-order valence-corrected chi connectivity index (χ4v) is 1.76. The molecule has 0 spiro atoms. The molecule has 0 aliphatic carbocycles. The molecular formula is C11H9IN2O4. The Bertz CT molecular complexity index is 582. The highest BCUT2D eigenvalue weighted by atomic mass is 127. The highest BCUT2D eigenvalue weighted by molar-refractivity contribution is 14.1. The Morgan fingerprint density at radius 2 is 2.28 bits per heavy atom. The Labute approximate surface area is 116 Å². The number of hydrogen-bond acceptors (Lipinski definition) is 5. The number of benzene rings is 1. The lowest BCUT2D eigenvalue weighted by molar-refractivity contribution is 0.0696. The molecule has 18 heavy (non-hydrogen) atoms. The van der Waals surface area contributed by atoms with Crippen LogP contribution in [-0.2, 0) is 6.61 Å². The van der Waals surface area contributed by atoms with Crippen LogP contribution in [0, 0.1) is 10.5 Å². The van der Waals surface area contributed by atoms with Crippen molar-refractivity contribution in [3.05, 3.63) is 38.7 Å². The number of rotatable bonds is 4. The highest BCUT2D eigenvalue weighted by Gasteiger charge is 2.10. The van der Waals surface area contributed by atoms with Gasteiger partial charge >= 0.3 is 5.97 Å². The molecule has 0 aliphatic rings. The normalized spacial score (nSPS) is 10.3. The average molecular weight is 360 g/mol. The molecule has 0 amide bonds. The molecule has 2 rings (SSSR count). The van der Waals surface area contributed by atoms with Crippen LogP contribution in [0.5, 0.6) is 5.75 Å². The largest absolute Gasteiger partial charge is 0.486 e. The van der Waals surface area contributed by atoms with E-state index in [-0.39, 0.29) is 12.2 Å². The van der Waals surface area contributed by atoms with E-state index in [1.54, 1.807) is 13.0 Å². The molecule has 94 valence electrons. The van der Waals surface area contributed by atoms with E-state index in [4.69, 9.17) is 9.84 Å². The van der Waals surface area contributed by atoms with E-state index in [1.807, 2.05) is 0 Å². The molecule has 0 atom stereocenters. The third-order valence-corrected chi connectivity index (χ3v) is 3.18. The number of aryl methyl sites for hydroxylation is 1. The summed E-state index contributed by atoms with van der Waals surface area (Å²) in [5.41, 5.74) is 1.42. The molecular weight excluding hydrogens is 351 g/mol. The first-order chi connectivity index (χ1) is 8.58. The van der Waals surface area contributed by atoms with Crippen molar-refractivity contribution in [1.29, 1.82) is 0 Å². The van der Waals surface area contributed by atoms with E-state index < -0.39 is 5.97 Å². The van der Waals surface area contributed by atoms with Crippen molar-refractivity contribution in [2.24, 2.45) is 0 Å². The van der Waals surface area contributed by atoms with E-state index >= 15 is 0 Å². The zero-order chi connectivity index (χ0) is 13.1. The maximum Gasteiger partial charge on any atom is 0.335 e. The number of halogens is 1. The van der Waals surface area contributed by atoms with Crippen molar-refractivity contribution < 1.29 is 19.3 Å². The molecule has 2 aromatic rings. The van der Waals surface area contributed by atoms with Crippen molar-refractivity contribution in [2.45, 2.75) is 13.5 Å². The summed E-state index contributed by atoms with van der Waals surface area (Å²) < 4.78 is 10.9. The van der Waals surface area contributed by atoms with Gasteiger partial charge in [-0.3, -0.25) is 0 Å². The fourth-order valence-electron chi connectivity index (χ4n) is 1.27. The van der Waals surface area contributed by atoms with Gasteiger partial charge in [0.2, 0.25) is 0 Å². The van der Waals surface area contributed by atoms with Crippen molar-refractivity contribution in [1.82, 2.24) is 10.3 Å². The van der Waals surface area contributed by atoms with E-state index in [2.05, 4.69) is 37.5 Å².